The monoisotopic (exact) mass is 353 g/mol. The summed E-state index contributed by atoms with van der Waals surface area (Å²) in [5.74, 6) is 2.38. The van der Waals surface area contributed by atoms with Gasteiger partial charge in [0.2, 0.25) is 0 Å². The number of hydrogen-bond donors (Lipinski definition) is 3. The highest BCUT2D eigenvalue weighted by Gasteiger charge is 2.10. The molecule has 0 saturated carbocycles. The third-order valence-electron chi connectivity index (χ3n) is 4.03. The highest BCUT2D eigenvalue weighted by molar-refractivity contribution is 5.90. The topological polar surface area (TPSA) is 95.8 Å². The molecule has 136 valence electrons. The molecule has 0 saturated heterocycles. The van der Waals surface area contributed by atoms with E-state index in [1.54, 1.807) is 6.26 Å². The largest absolute Gasteiger partial charge is 0.469 e. The molecule has 0 bridgehead atoms. The van der Waals surface area contributed by atoms with Crippen LogP contribution >= 0.6 is 0 Å². The predicted octanol–water partition coefficient (Wildman–Crippen LogP) is 3.77. The Balaban J connectivity index is 1.54. The fourth-order valence-corrected chi connectivity index (χ4v) is 2.60. The van der Waals surface area contributed by atoms with Gasteiger partial charge in [-0.3, -0.25) is 5.10 Å². The first-order valence-electron chi connectivity index (χ1n) is 8.75. The molecule has 1 atom stereocenters. The van der Waals surface area contributed by atoms with Crippen LogP contribution in [-0.4, -0.2) is 27.3 Å². The van der Waals surface area contributed by atoms with Gasteiger partial charge in [-0.25, -0.2) is 9.78 Å². The lowest BCUT2D eigenvalue weighted by Gasteiger charge is -2.14. The van der Waals surface area contributed by atoms with E-state index in [2.05, 4.69) is 25.8 Å². The second-order valence-corrected chi connectivity index (χ2v) is 6.16. The third kappa shape index (κ3) is 4.72. The number of rotatable bonds is 7. The highest BCUT2D eigenvalue weighted by Crippen LogP contribution is 2.19. The Hall–Kier alpha value is -3.09. The number of H-pyrrole nitrogens is 1. The molecule has 2 aromatic heterocycles. The summed E-state index contributed by atoms with van der Waals surface area (Å²) < 4.78 is 5.31. The van der Waals surface area contributed by atoms with Gasteiger partial charge >= 0.3 is 6.03 Å². The Bertz CT molecular complexity index is 841. The van der Waals surface area contributed by atoms with Gasteiger partial charge in [-0.2, -0.15) is 5.10 Å². The Kier molecular flexibility index (Phi) is 5.68. The lowest BCUT2D eigenvalue weighted by atomic mass is 10.1. The molecule has 3 aromatic rings. The zero-order valence-corrected chi connectivity index (χ0v) is 15.0. The van der Waals surface area contributed by atoms with Crippen molar-refractivity contribution in [2.75, 3.05) is 5.32 Å². The van der Waals surface area contributed by atoms with Gasteiger partial charge in [0, 0.05) is 30.1 Å². The van der Waals surface area contributed by atoms with E-state index in [-0.39, 0.29) is 12.1 Å². The van der Waals surface area contributed by atoms with Crippen molar-refractivity contribution in [3.8, 4) is 11.4 Å². The van der Waals surface area contributed by atoms with Crippen LogP contribution < -0.4 is 10.6 Å². The second-order valence-electron chi connectivity index (χ2n) is 6.16. The van der Waals surface area contributed by atoms with Gasteiger partial charge in [-0.05, 0) is 37.6 Å². The molecule has 3 N–H and O–H groups in total. The summed E-state index contributed by atoms with van der Waals surface area (Å²) in [5.41, 5.74) is 1.55. The number of anilines is 1. The quantitative estimate of drug-likeness (QED) is 0.602. The Morgan fingerprint density at radius 3 is 2.92 bits per heavy atom. The summed E-state index contributed by atoms with van der Waals surface area (Å²) in [6, 6.07) is 11.1. The molecule has 1 aromatic carbocycles. The SMILES string of the molecule is CCc1nc(-c2cccc(NC(=O)N[C@H](C)CCc3ccco3)c2)n[nH]1. The van der Waals surface area contributed by atoms with E-state index in [0.717, 1.165) is 36.4 Å². The first-order valence-corrected chi connectivity index (χ1v) is 8.75. The van der Waals surface area contributed by atoms with Gasteiger partial charge < -0.3 is 15.1 Å². The van der Waals surface area contributed by atoms with Gasteiger partial charge in [0.05, 0.1) is 6.26 Å². The van der Waals surface area contributed by atoms with Crippen molar-refractivity contribution in [2.24, 2.45) is 0 Å². The van der Waals surface area contributed by atoms with E-state index in [4.69, 9.17) is 4.42 Å². The molecule has 7 heteroatoms. The predicted molar refractivity (Wildman–Crippen MR) is 99.8 cm³/mol. The standard InChI is InChI=1S/C19H23N5O2/c1-3-17-22-18(24-23-17)14-6-4-7-15(12-14)21-19(25)20-13(2)9-10-16-8-5-11-26-16/h4-8,11-13H,3,9-10H2,1-2H3,(H2,20,21,25)(H,22,23,24)/t13-/m1/s1. The molecule has 7 nitrogen and oxygen atoms in total. The van der Waals surface area contributed by atoms with E-state index < -0.39 is 0 Å². The van der Waals surface area contributed by atoms with Crippen LogP contribution in [0, 0.1) is 0 Å². The van der Waals surface area contributed by atoms with E-state index in [1.807, 2.05) is 50.2 Å². The molecule has 0 fully saturated rings. The number of aromatic amines is 1. The summed E-state index contributed by atoms with van der Waals surface area (Å²) in [6.07, 6.45) is 4.04. The third-order valence-corrected chi connectivity index (χ3v) is 4.03. The number of aryl methyl sites for hydroxylation is 2. The maximum absolute atomic E-state index is 12.2. The number of nitrogens with one attached hydrogen (secondary N) is 3. The smallest absolute Gasteiger partial charge is 0.319 e. The van der Waals surface area contributed by atoms with Crippen molar-refractivity contribution < 1.29 is 9.21 Å². The molecule has 2 amide bonds. The first kappa shape index (κ1) is 17.7. The molecular weight excluding hydrogens is 330 g/mol. The van der Waals surface area contributed by atoms with E-state index in [0.29, 0.717) is 11.5 Å². The number of carbonyl (C=O) groups excluding carboxylic acids is 1. The number of furan rings is 1. The highest BCUT2D eigenvalue weighted by atomic mass is 16.3. The van der Waals surface area contributed by atoms with Crippen LogP contribution in [0.1, 0.15) is 31.9 Å². The van der Waals surface area contributed by atoms with Crippen molar-refractivity contribution in [1.82, 2.24) is 20.5 Å². The fourth-order valence-electron chi connectivity index (χ4n) is 2.60. The van der Waals surface area contributed by atoms with Crippen LogP contribution in [0.3, 0.4) is 0 Å². The van der Waals surface area contributed by atoms with Gasteiger partial charge in [-0.1, -0.05) is 19.1 Å². The van der Waals surface area contributed by atoms with Gasteiger partial charge in [0.25, 0.3) is 0 Å². The maximum Gasteiger partial charge on any atom is 0.319 e. The second kappa shape index (κ2) is 8.33. The van der Waals surface area contributed by atoms with Gasteiger partial charge in [0.15, 0.2) is 5.82 Å². The summed E-state index contributed by atoms with van der Waals surface area (Å²) in [6.45, 7) is 3.98. The molecule has 26 heavy (non-hydrogen) atoms. The molecule has 0 aliphatic carbocycles. The molecule has 2 heterocycles. The summed E-state index contributed by atoms with van der Waals surface area (Å²) in [5, 5.41) is 12.9. The zero-order valence-electron chi connectivity index (χ0n) is 15.0. The lowest BCUT2D eigenvalue weighted by Crippen LogP contribution is -2.36. The van der Waals surface area contributed by atoms with Crippen LogP contribution in [0.2, 0.25) is 0 Å². The molecule has 0 spiro atoms. The van der Waals surface area contributed by atoms with E-state index in [1.165, 1.54) is 0 Å². The Morgan fingerprint density at radius 1 is 1.31 bits per heavy atom. The summed E-state index contributed by atoms with van der Waals surface area (Å²) in [7, 11) is 0. The minimum atomic E-state index is -0.238. The first-order chi connectivity index (χ1) is 12.6. The minimum absolute atomic E-state index is 0.0309. The van der Waals surface area contributed by atoms with Crippen LogP contribution in [0.15, 0.2) is 47.1 Å². The van der Waals surface area contributed by atoms with Gasteiger partial charge in [0.1, 0.15) is 11.6 Å². The molecule has 3 rings (SSSR count). The van der Waals surface area contributed by atoms with Crippen LogP contribution in [0.25, 0.3) is 11.4 Å². The van der Waals surface area contributed by atoms with Crippen LogP contribution in [0.5, 0.6) is 0 Å². The zero-order chi connectivity index (χ0) is 18.4. The number of benzene rings is 1. The normalized spacial score (nSPS) is 11.9. The van der Waals surface area contributed by atoms with Crippen molar-refractivity contribution in [2.45, 2.75) is 39.2 Å². The van der Waals surface area contributed by atoms with Crippen molar-refractivity contribution in [3.05, 3.63) is 54.2 Å². The Morgan fingerprint density at radius 2 is 2.19 bits per heavy atom. The van der Waals surface area contributed by atoms with E-state index in [9.17, 15) is 4.79 Å². The Labute approximate surface area is 152 Å². The fraction of sp³-hybridized carbons (Fsp3) is 0.316. The van der Waals surface area contributed by atoms with Crippen molar-refractivity contribution in [3.63, 3.8) is 0 Å². The van der Waals surface area contributed by atoms with Crippen LogP contribution in [0.4, 0.5) is 10.5 Å². The molecular formula is C19H23N5O2. The number of carbonyl (C=O) groups is 1. The molecule has 0 radical (unpaired) electrons. The molecule has 0 aliphatic heterocycles. The molecule has 0 aliphatic rings. The maximum atomic E-state index is 12.2. The van der Waals surface area contributed by atoms with Gasteiger partial charge in [-0.15, -0.1) is 0 Å². The van der Waals surface area contributed by atoms with Crippen molar-refractivity contribution in [1.29, 1.82) is 0 Å². The summed E-state index contributed by atoms with van der Waals surface area (Å²) >= 11 is 0. The number of urea groups is 1. The summed E-state index contributed by atoms with van der Waals surface area (Å²) in [4.78, 5) is 16.6. The van der Waals surface area contributed by atoms with E-state index >= 15 is 0 Å². The molecule has 0 unspecified atom stereocenters. The van der Waals surface area contributed by atoms with Crippen molar-refractivity contribution >= 4 is 11.7 Å². The van der Waals surface area contributed by atoms with Crippen LogP contribution in [-0.2, 0) is 12.8 Å². The average molecular weight is 353 g/mol. The number of hydrogen-bond acceptors (Lipinski definition) is 4. The number of amides is 2. The average Bonchev–Trinajstić information content (AvgIpc) is 3.31. The minimum Gasteiger partial charge on any atom is -0.469 e. The lowest BCUT2D eigenvalue weighted by molar-refractivity contribution is 0.248. The number of aromatic nitrogens is 3. The number of nitrogens with zero attached hydrogens (tertiary/aromatic N) is 2.